The number of nitrogens with two attached hydrogens (primary N) is 1. The summed E-state index contributed by atoms with van der Waals surface area (Å²) in [6.07, 6.45) is 1.05. The van der Waals surface area contributed by atoms with Crippen LogP contribution in [-0.4, -0.2) is 39.4 Å². The number of hydrogen-bond donors (Lipinski definition) is 2. The first kappa shape index (κ1) is 11.2. The van der Waals surface area contributed by atoms with Crippen LogP contribution in [0, 0.1) is 5.41 Å². The fourth-order valence-electron chi connectivity index (χ4n) is 2.35. The molecule has 1 unspecified atom stereocenters. The van der Waals surface area contributed by atoms with Crippen LogP contribution in [0.15, 0.2) is 16.9 Å². The molecule has 0 amide bonds. The van der Waals surface area contributed by atoms with Crippen LogP contribution >= 0.6 is 0 Å². The molecule has 1 fully saturated rings. The molecule has 7 nitrogen and oxygen atoms in total. The molecule has 3 heterocycles. The van der Waals surface area contributed by atoms with Gasteiger partial charge in [-0.3, -0.25) is 0 Å². The number of aromatic nitrogens is 4. The van der Waals surface area contributed by atoms with E-state index < -0.39 is 0 Å². The van der Waals surface area contributed by atoms with E-state index in [1.54, 1.807) is 6.07 Å². The van der Waals surface area contributed by atoms with Gasteiger partial charge in [0.25, 0.3) is 0 Å². The van der Waals surface area contributed by atoms with Gasteiger partial charge in [0.05, 0.1) is 0 Å². The fraction of sp³-hybridized carbons (Fsp3) is 0.545. The van der Waals surface area contributed by atoms with Crippen LogP contribution in [-0.2, 0) is 0 Å². The van der Waals surface area contributed by atoms with Gasteiger partial charge in [0.1, 0.15) is 5.82 Å². The zero-order valence-corrected chi connectivity index (χ0v) is 10.3. The lowest BCUT2D eigenvalue weighted by atomic mass is 9.90. The van der Waals surface area contributed by atoms with Crippen molar-refractivity contribution in [1.82, 2.24) is 19.8 Å². The highest BCUT2D eigenvalue weighted by atomic mass is 16.2. The van der Waals surface area contributed by atoms with Crippen molar-refractivity contribution >= 4 is 11.5 Å². The fourth-order valence-corrected chi connectivity index (χ4v) is 2.35. The normalized spacial score (nSPS) is 24.0. The second-order valence-electron chi connectivity index (χ2n) is 5.18. The van der Waals surface area contributed by atoms with Crippen molar-refractivity contribution in [2.75, 3.05) is 24.5 Å². The summed E-state index contributed by atoms with van der Waals surface area (Å²) in [5.41, 5.74) is 6.15. The Morgan fingerprint density at radius 2 is 2.39 bits per heavy atom. The SMILES string of the molecule is CC1(CN)CCN(c2ccc3n[nH]c(=O)n3n2)C1. The largest absolute Gasteiger partial charge is 0.364 e. The molecule has 0 aromatic carbocycles. The number of aromatic amines is 1. The van der Waals surface area contributed by atoms with E-state index in [-0.39, 0.29) is 11.1 Å². The molecule has 1 aliphatic rings. The first-order chi connectivity index (χ1) is 8.61. The highest BCUT2D eigenvalue weighted by molar-refractivity contribution is 5.46. The second kappa shape index (κ2) is 3.81. The summed E-state index contributed by atoms with van der Waals surface area (Å²) in [5, 5.41) is 10.5. The molecule has 7 heteroatoms. The van der Waals surface area contributed by atoms with Crippen molar-refractivity contribution in [3.8, 4) is 0 Å². The number of nitrogens with zero attached hydrogens (tertiary/aromatic N) is 4. The summed E-state index contributed by atoms with van der Waals surface area (Å²) >= 11 is 0. The van der Waals surface area contributed by atoms with Gasteiger partial charge in [0.15, 0.2) is 5.65 Å². The van der Waals surface area contributed by atoms with Crippen LogP contribution < -0.4 is 16.3 Å². The Morgan fingerprint density at radius 1 is 1.56 bits per heavy atom. The number of anilines is 1. The maximum atomic E-state index is 11.5. The molecule has 0 bridgehead atoms. The summed E-state index contributed by atoms with van der Waals surface area (Å²) in [7, 11) is 0. The van der Waals surface area contributed by atoms with Gasteiger partial charge in [-0.1, -0.05) is 6.92 Å². The lowest BCUT2D eigenvalue weighted by Crippen LogP contribution is -2.32. The molecule has 1 aliphatic heterocycles. The second-order valence-corrected chi connectivity index (χ2v) is 5.18. The van der Waals surface area contributed by atoms with E-state index in [1.165, 1.54) is 4.52 Å². The number of rotatable bonds is 2. The molecule has 0 aliphatic carbocycles. The Balaban J connectivity index is 1.96. The minimum atomic E-state index is -0.312. The Labute approximate surface area is 104 Å². The third-order valence-corrected chi connectivity index (χ3v) is 3.63. The summed E-state index contributed by atoms with van der Waals surface area (Å²) < 4.78 is 1.29. The van der Waals surface area contributed by atoms with E-state index >= 15 is 0 Å². The van der Waals surface area contributed by atoms with Crippen LogP contribution in [0.2, 0.25) is 0 Å². The zero-order chi connectivity index (χ0) is 12.8. The molecule has 1 atom stereocenters. The molecule has 1 saturated heterocycles. The van der Waals surface area contributed by atoms with Gasteiger partial charge < -0.3 is 10.6 Å². The maximum Gasteiger partial charge on any atom is 0.364 e. The van der Waals surface area contributed by atoms with E-state index in [4.69, 9.17) is 5.73 Å². The molecule has 2 aromatic rings. The highest BCUT2D eigenvalue weighted by Crippen LogP contribution is 2.30. The van der Waals surface area contributed by atoms with Crippen molar-refractivity contribution < 1.29 is 0 Å². The molecule has 0 spiro atoms. The zero-order valence-electron chi connectivity index (χ0n) is 10.3. The van der Waals surface area contributed by atoms with Crippen molar-refractivity contribution in [1.29, 1.82) is 0 Å². The third-order valence-electron chi connectivity index (χ3n) is 3.63. The average molecular weight is 248 g/mol. The molecule has 3 rings (SSSR count). The van der Waals surface area contributed by atoms with Gasteiger partial charge in [-0.15, -0.1) is 5.10 Å². The van der Waals surface area contributed by atoms with Crippen LogP contribution in [0.5, 0.6) is 0 Å². The number of hydrogen-bond acceptors (Lipinski definition) is 5. The standard InChI is InChI=1S/C11H16N6O/c1-11(6-12)4-5-16(7-11)9-3-2-8-13-14-10(18)17(8)15-9/h2-3H,4-7,12H2,1H3,(H,14,18). The molecule has 0 radical (unpaired) electrons. The average Bonchev–Trinajstić information content (AvgIpc) is 2.95. The smallest absolute Gasteiger partial charge is 0.355 e. The first-order valence-electron chi connectivity index (χ1n) is 6.01. The molecule has 2 aromatic heterocycles. The minimum Gasteiger partial charge on any atom is -0.355 e. The molecule has 0 saturated carbocycles. The number of fused-ring (bicyclic) bond motifs is 1. The van der Waals surface area contributed by atoms with Gasteiger partial charge in [0.2, 0.25) is 0 Å². The van der Waals surface area contributed by atoms with Crippen molar-refractivity contribution in [3.63, 3.8) is 0 Å². The number of H-pyrrole nitrogens is 1. The van der Waals surface area contributed by atoms with Crippen LogP contribution in [0.4, 0.5) is 5.82 Å². The Kier molecular flexibility index (Phi) is 2.37. The van der Waals surface area contributed by atoms with Crippen molar-refractivity contribution in [2.45, 2.75) is 13.3 Å². The molecular weight excluding hydrogens is 232 g/mol. The van der Waals surface area contributed by atoms with E-state index in [0.717, 1.165) is 25.3 Å². The molecular formula is C11H16N6O. The summed E-state index contributed by atoms with van der Waals surface area (Å²) in [6, 6.07) is 3.68. The highest BCUT2D eigenvalue weighted by Gasteiger charge is 2.33. The lowest BCUT2D eigenvalue weighted by molar-refractivity contribution is 0.383. The topological polar surface area (TPSA) is 92.3 Å². The summed E-state index contributed by atoms with van der Waals surface area (Å²) in [4.78, 5) is 13.6. The van der Waals surface area contributed by atoms with E-state index in [9.17, 15) is 4.79 Å². The summed E-state index contributed by atoms with van der Waals surface area (Å²) in [6.45, 7) is 4.63. The van der Waals surface area contributed by atoms with Crippen LogP contribution in [0.25, 0.3) is 5.65 Å². The Hall–Kier alpha value is -1.89. The maximum absolute atomic E-state index is 11.5. The Bertz CT molecular complexity index is 632. The van der Waals surface area contributed by atoms with Crippen LogP contribution in [0.3, 0.4) is 0 Å². The van der Waals surface area contributed by atoms with Gasteiger partial charge in [-0.2, -0.15) is 9.61 Å². The minimum absolute atomic E-state index is 0.137. The van der Waals surface area contributed by atoms with E-state index in [1.807, 2.05) is 6.07 Å². The van der Waals surface area contributed by atoms with Gasteiger partial charge in [-0.05, 0) is 30.5 Å². The predicted octanol–water partition coefficient (Wildman–Crippen LogP) is -0.407. The quantitative estimate of drug-likeness (QED) is 0.754. The predicted molar refractivity (Wildman–Crippen MR) is 67.6 cm³/mol. The van der Waals surface area contributed by atoms with E-state index in [2.05, 4.69) is 27.1 Å². The number of nitrogens with one attached hydrogen (secondary N) is 1. The van der Waals surface area contributed by atoms with Gasteiger partial charge >= 0.3 is 5.69 Å². The molecule has 96 valence electrons. The van der Waals surface area contributed by atoms with Crippen molar-refractivity contribution in [3.05, 3.63) is 22.6 Å². The van der Waals surface area contributed by atoms with Crippen LogP contribution in [0.1, 0.15) is 13.3 Å². The van der Waals surface area contributed by atoms with E-state index in [0.29, 0.717) is 12.2 Å². The molecule has 18 heavy (non-hydrogen) atoms. The lowest BCUT2D eigenvalue weighted by Gasteiger charge is -2.22. The van der Waals surface area contributed by atoms with Crippen molar-refractivity contribution in [2.24, 2.45) is 11.1 Å². The van der Waals surface area contributed by atoms with Gasteiger partial charge in [0, 0.05) is 13.1 Å². The monoisotopic (exact) mass is 248 g/mol. The third kappa shape index (κ3) is 1.67. The first-order valence-corrected chi connectivity index (χ1v) is 6.01. The van der Waals surface area contributed by atoms with Gasteiger partial charge in [-0.25, -0.2) is 9.89 Å². The molecule has 3 N–H and O–H groups in total. The Morgan fingerprint density at radius 3 is 3.11 bits per heavy atom. The summed E-state index contributed by atoms with van der Waals surface area (Å²) in [5.74, 6) is 0.795.